The molecule has 0 atom stereocenters. The maximum absolute atomic E-state index is 12.4. The number of carbonyl (C=O) groups is 1. The average Bonchev–Trinajstić information content (AvgIpc) is 2.46. The first kappa shape index (κ1) is 13.5. The molecule has 2 aromatic carbocycles. The molecule has 1 N–H and O–H groups in total. The number of carbonyl (C=O) groups excluding carboxylic acids is 1. The Morgan fingerprint density at radius 1 is 1.00 bits per heavy atom. The molecule has 0 saturated heterocycles. The molecule has 0 fully saturated rings. The third kappa shape index (κ3) is 3.76. The van der Waals surface area contributed by atoms with Crippen LogP contribution >= 0.6 is 0 Å². The number of hydrogen-bond donors (Lipinski definition) is 1. The highest BCUT2D eigenvalue weighted by atomic mass is 16.1. The fourth-order valence-corrected chi connectivity index (χ4v) is 2.15. The summed E-state index contributed by atoms with van der Waals surface area (Å²) in [5.74, 6) is 0.193. The predicted molar refractivity (Wildman–Crippen MR) is 78.5 cm³/mol. The van der Waals surface area contributed by atoms with Crippen LogP contribution in [0.4, 0.5) is 0 Å². The van der Waals surface area contributed by atoms with Gasteiger partial charge in [-0.2, -0.15) is 0 Å². The smallest absolute Gasteiger partial charge is 0.167 e. The Hall–Kier alpha value is -1.93. The van der Waals surface area contributed by atoms with Gasteiger partial charge in [-0.3, -0.25) is 4.79 Å². The van der Waals surface area contributed by atoms with Crippen molar-refractivity contribution in [1.82, 2.24) is 5.32 Å². The van der Waals surface area contributed by atoms with E-state index < -0.39 is 0 Å². The van der Waals surface area contributed by atoms with Gasteiger partial charge in [-0.1, -0.05) is 54.6 Å². The van der Waals surface area contributed by atoms with Gasteiger partial charge in [-0.15, -0.1) is 0 Å². The second-order valence-electron chi connectivity index (χ2n) is 4.60. The summed E-state index contributed by atoms with van der Waals surface area (Å²) in [6, 6.07) is 17.8. The van der Waals surface area contributed by atoms with Crippen molar-refractivity contribution in [1.29, 1.82) is 0 Å². The van der Waals surface area contributed by atoms with Gasteiger partial charge in [0.1, 0.15) is 0 Å². The molecular weight excluding hydrogens is 234 g/mol. The van der Waals surface area contributed by atoms with Crippen LogP contribution in [0, 0.1) is 0 Å². The summed E-state index contributed by atoms with van der Waals surface area (Å²) in [7, 11) is 1.93. The van der Waals surface area contributed by atoms with Crippen molar-refractivity contribution in [2.45, 2.75) is 12.8 Å². The minimum atomic E-state index is 0.193. The van der Waals surface area contributed by atoms with Gasteiger partial charge in [-0.05, 0) is 31.1 Å². The van der Waals surface area contributed by atoms with Crippen LogP contribution in [0.5, 0.6) is 0 Å². The zero-order valence-corrected chi connectivity index (χ0v) is 11.2. The van der Waals surface area contributed by atoms with Gasteiger partial charge in [0.25, 0.3) is 0 Å². The van der Waals surface area contributed by atoms with Gasteiger partial charge in [0.05, 0.1) is 0 Å². The van der Waals surface area contributed by atoms with Gasteiger partial charge in [0, 0.05) is 12.0 Å². The van der Waals surface area contributed by atoms with E-state index in [4.69, 9.17) is 0 Å². The lowest BCUT2D eigenvalue weighted by Crippen LogP contribution is -2.14. The number of nitrogens with one attached hydrogen (secondary N) is 1. The molecule has 0 aliphatic rings. The zero-order valence-electron chi connectivity index (χ0n) is 11.2. The minimum Gasteiger partial charge on any atom is -0.319 e. The Balaban J connectivity index is 2.14. The molecular formula is C17H19NO. The van der Waals surface area contributed by atoms with E-state index in [1.54, 1.807) is 0 Å². The summed E-state index contributed by atoms with van der Waals surface area (Å²) in [6.45, 7) is 0.885. The Labute approximate surface area is 114 Å². The average molecular weight is 253 g/mol. The number of benzene rings is 2. The lowest BCUT2D eigenvalue weighted by Gasteiger charge is -2.08. The second-order valence-corrected chi connectivity index (χ2v) is 4.60. The van der Waals surface area contributed by atoms with Crippen LogP contribution in [0.2, 0.25) is 0 Å². The van der Waals surface area contributed by atoms with Crippen LogP contribution in [-0.4, -0.2) is 19.4 Å². The lowest BCUT2D eigenvalue weighted by atomic mass is 9.97. The summed E-state index contributed by atoms with van der Waals surface area (Å²) >= 11 is 0. The van der Waals surface area contributed by atoms with Crippen molar-refractivity contribution in [2.24, 2.45) is 0 Å². The molecule has 0 saturated carbocycles. The highest BCUT2D eigenvalue weighted by Crippen LogP contribution is 2.13. The summed E-state index contributed by atoms with van der Waals surface area (Å²) < 4.78 is 0. The largest absolute Gasteiger partial charge is 0.319 e. The fraction of sp³-hybridized carbons (Fsp3) is 0.235. The van der Waals surface area contributed by atoms with Crippen molar-refractivity contribution in [3.05, 3.63) is 71.3 Å². The van der Waals surface area contributed by atoms with Crippen molar-refractivity contribution in [3.63, 3.8) is 0 Å². The number of likely N-dealkylation sites (N-methyl/N-ethyl adjacent to an activating group) is 1. The van der Waals surface area contributed by atoms with E-state index in [9.17, 15) is 4.79 Å². The van der Waals surface area contributed by atoms with Crippen molar-refractivity contribution in [2.75, 3.05) is 13.6 Å². The molecule has 2 rings (SSSR count). The summed E-state index contributed by atoms with van der Waals surface area (Å²) in [5.41, 5.74) is 3.04. The van der Waals surface area contributed by atoms with Gasteiger partial charge in [-0.25, -0.2) is 0 Å². The van der Waals surface area contributed by atoms with E-state index in [1.165, 1.54) is 0 Å². The first-order valence-corrected chi connectivity index (χ1v) is 6.61. The van der Waals surface area contributed by atoms with Gasteiger partial charge < -0.3 is 5.32 Å². The van der Waals surface area contributed by atoms with Crippen LogP contribution in [0.3, 0.4) is 0 Å². The fourth-order valence-electron chi connectivity index (χ4n) is 2.15. The van der Waals surface area contributed by atoms with Crippen molar-refractivity contribution in [3.8, 4) is 0 Å². The van der Waals surface area contributed by atoms with Crippen LogP contribution in [0.15, 0.2) is 54.6 Å². The number of Topliss-reactive ketones (excluding diaryl/α,β-unsaturated/α-hetero) is 1. The molecule has 0 spiro atoms. The lowest BCUT2D eigenvalue weighted by molar-refractivity contribution is 0.0992. The van der Waals surface area contributed by atoms with E-state index in [2.05, 4.69) is 5.32 Å². The van der Waals surface area contributed by atoms with Gasteiger partial charge >= 0.3 is 0 Å². The Morgan fingerprint density at radius 2 is 1.68 bits per heavy atom. The molecule has 2 nitrogen and oxygen atoms in total. The zero-order chi connectivity index (χ0) is 13.5. The molecule has 19 heavy (non-hydrogen) atoms. The quantitative estimate of drug-likeness (QED) is 0.802. The molecule has 0 radical (unpaired) electrons. The molecule has 0 aliphatic heterocycles. The minimum absolute atomic E-state index is 0.193. The Bertz CT molecular complexity index is 534. The number of ketones is 1. The molecule has 0 heterocycles. The molecule has 2 aromatic rings. The van der Waals surface area contributed by atoms with E-state index >= 15 is 0 Å². The van der Waals surface area contributed by atoms with Gasteiger partial charge in [0.2, 0.25) is 0 Å². The summed E-state index contributed by atoms with van der Waals surface area (Å²) in [6.07, 6.45) is 1.35. The Morgan fingerprint density at radius 3 is 2.42 bits per heavy atom. The summed E-state index contributed by atoms with van der Waals surface area (Å²) in [5, 5.41) is 3.12. The Kier molecular flexibility index (Phi) is 4.87. The normalized spacial score (nSPS) is 10.4. The van der Waals surface area contributed by atoms with Crippen molar-refractivity contribution < 1.29 is 4.79 Å². The molecule has 0 aromatic heterocycles. The predicted octanol–water partition coefficient (Wildman–Crippen LogP) is 2.87. The number of rotatable bonds is 6. The van der Waals surface area contributed by atoms with Crippen molar-refractivity contribution >= 4 is 5.78 Å². The highest BCUT2D eigenvalue weighted by Gasteiger charge is 2.11. The second kappa shape index (κ2) is 6.86. The first-order chi connectivity index (χ1) is 9.31. The topological polar surface area (TPSA) is 29.1 Å². The maximum atomic E-state index is 12.4. The van der Waals surface area contributed by atoms with Crippen LogP contribution < -0.4 is 5.32 Å². The molecule has 0 unspecified atom stereocenters. The molecule has 0 bridgehead atoms. The highest BCUT2D eigenvalue weighted by molar-refractivity contribution is 5.98. The monoisotopic (exact) mass is 253 g/mol. The van der Waals surface area contributed by atoms with Crippen LogP contribution in [-0.2, 0) is 12.8 Å². The summed E-state index contributed by atoms with van der Waals surface area (Å²) in [4.78, 5) is 12.4. The molecule has 0 amide bonds. The third-order valence-electron chi connectivity index (χ3n) is 3.17. The standard InChI is InChI=1S/C17H19NO/c1-18-12-11-15-9-5-6-10-16(15)17(19)13-14-7-3-2-4-8-14/h2-10,18H,11-13H2,1H3. The van der Waals surface area contributed by atoms with E-state index in [0.29, 0.717) is 6.42 Å². The van der Waals surface area contributed by atoms with E-state index in [0.717, 1.165) is 29.7 Å². The van der Waals surface area contributed by atoms with Gasteiger partial charge in [0.15, 0.2) is 5.78 Å². The van der Waals surface area contributed by atoms with Crippen LogP contribution in [0.1, 0.15) is 21.5 Å². The molecule has 0 aliphatic carbocycles. The van der Waals surface area contributed by atoms with E-state index in [-0.39, 0.29) is 5.78 Å². The number of hydrogen-bond acceptors (Lipinski definition) is 2. The van der Waals surface area contributed by atoms with Crippen LogP contribution in [0.25, 0.3) is 0 Å². The SMILES string of the molecule is CNCCc1ccccc1C(=O)Cc1ccccc1. The first-order valence-electron chi connectivity index (χ1n) is 6.61. The maximum Gasteiger partial charge on any atom is 0.167 e. The third-order valence-corrected chi connectivity index (χ3v) is 3.17. The van der Waals surface area contributed by atoms with E-state index in [1.807, 2.05) is 61.6 Å². The molecule has 2 heteroatoms. The molecule has 98 valence electrons.